The fourth-order valence-corrected chi connectivity index (χ4v) is 6.56. The van der Waals surface area contributed by atoms with Gasteiger partial charge in [-0.2, -0.15) is 26.3 Å². The van der Waals surface area contributed by atoms with E-state index in [4.69, 9.17) is 11.6 Å². The third kappa shape index (κ3) is 6.17. The van der Waals surface area contributed by atoms with Crippen LogP contribution in [0.3, 0.4) is 0 Å². The maximum absolute atomic E-state index is 13.5. The maximum atomic E-state index is 13.5. The smallest absolute Gasteiger partial charge is 0.369 e. The van der Waals surface area contributed by atoms with Gasteiger partial charge in [-0.1, -0.05) is 48.0 Å². The van der Waals surface area contributed by atoms with Gasteiger partial charge in [0.2, 0.25) is 0 Å². The highest BCUT2D eigenvalue weighted by Gasteiger charge is 2.71. The molecule has 4 rings (SSSR count). The summed E-state index contributed by atoms with van der Waals surface area (Å²) in [5.74, 6) is -0.375. The Morgan fingerprint density at radius 1 is 0.976 bits per heavy atom. The molecule has 0 bridgehead atoms. The minimum Gasteiger partial charge on any atom is -0.369 e. The normalized spacial score (nSPS) is 14.8. The Kier molecular flexibility index (Phi) is 8.65. The van der Waals surface area contributed by atoms with Crippen LogP contribution in [0.1, 0.15) is 42.7 Å². The van der Waals surface area contributed by atoms with Crippen LogP contribution in [-0.2, 0) is 16.6 Å². The molecule has 0 radical (unpaired) electrons. The summed E-state index contributed by atoms with van der Waals surface area (Å²) in [6.07, 6.45) is -11.2. The molecule has 4 nitrogen and oxygen atoms in total. The van der Waals surface area contributed by atoms with Crippen molar-refractivity contribution in [1.82, 2.24) is 9.71 Å². The molecule has 2 heterocycles. The third-order valence-electron chi connectivity index (χ3n) is 6.44. The lowest BCUT2D eigenvalue weighted by Crippen LogP contribution is -2.53. The number of hydrogen-bond acceptors (Lipinski definition) is 4. The Labute approximate surface area is 244 Å². The first-order valence-electron chi connectivity index (χ1n) is 12.2. The first-order valence-corrected chi connectivity index (χ1v) is 14.5. The summed E-state index contributed by atoms with van der Waals surface area (Å²) in [5.41, 5.74) is -5.60. The molecular formula is C28H25ClF6N2O2S2. The number of benzene rings is 2. The largest absolute Gasteiger partial charge is 0.430 e. The van der Waals surface area contributed by atoms with Gasteiger partial charge in [0.05, 0.1) is 21.4 Å². The Balaban J connectivity index is 1.83. The highest BCUT2D eigenvalue weighted by Crippen LogP contribution is 2.50. The fourth-order valence-electron chi connectivity index (χ4n) is 4.24. The average Bonchev–Trinajstić information content (AvgIpc) is 3.31. The average molecular weight is 635 g/mol. The van der Waals surface area contributed by atoms with E-state index in [9.17, 15) is 35.7 Å². The number of nitrogens with one attached hydrogen (secondary N) is 1. The summed E-state index contributed by atoms with van der Waals surface area (Å²) in [6, 6.07) is 15.0. The Morgan fingerprint density at radius 3 is 2.24 bits per heavy atom. The summed E-state index contributed by atoms with van der Waals surface area (Å²) < 4.78 is 97.1. The Morgan fingerprint density at radius 2 is 1.63 bits per heavy atom. The van der Waals surface area contributed by atoms with E-state index in [1.54, 1.807) is 24.3 Å². The predicted molar refractivity (Wildman–Crippen MR) is 150 cm³/mol. The third-order valence-corrected chi connectivity index (χ3v) is 9.62. The molecule has 2 unspecified atom stereocenters. The van der Waals surface area contributed by atoms with Crippen molar-refractivity contribution in [3.63, 3.8) is 0 Å². The number of aromatic nitrogens is 1. The molecule has 2 N–H and O–H groups in total. The van der Waals surface area contributed by atoms with Crippen LogP contribution in [0.25, 0.3) is 21.3 Å². The zero-order valence-electron chi connectivity index (χ0n) is 21.9. The number of halogens is 7. The molecule has 2 atom stereocenters. The highest BCUT2D eigenvalue weighted by molar-refractivity contribution is 7.84. The van der Waals surface area contributed by atoms with Gasteiger partial charge in [0, 0.05) is 44.4 Å². The van der Waals surface area contributed by atoms with Crippen molar-refractivity contribution in [2.45, 2.75) is 49.4 Å². The zero-order valence-corrected chi connectivity index (χ0v) is 24.3. The van der Waals surface area contributed by atoms with Crippen LogP contribution < -0.4 is 4.72 Å². The lowest BCUT2D eigenvalue weighted by molar-refractivity contribution is -0.376. The zero-order chi connectivity index (χ0) is 30.4. The van der Waals surface area contributed by atoms with Crippen LogP contribution in [0.4, 0.5) is 26.3 Å². The molecule has 0 fully saturated rings. The molecule has 0 spiro atoms. The standard InChI is InChI=1S/C28H25ClF6N2O2S2/c1-25(2,3)41(39)37-15-20(18-8-4-5-10-21(18)29)23-13-16-7-6-9-19(24(16)40-23)22-14-17(11-12-36-22)26(38,27(30,31)32)28(33,34)35/h4-14,20,37-38H,15H2,1-3H3. The van der Waals surface area contributed by atoms with Gasteiger partial charge < -0.3 is 5.11 Å². The summed E-state index contributed by atoms with van der Waals surface area (Å²) >= 11 is 7.79. The molecule has 41 heavy (non-hydrogen) atoms. The van der Waals surface area contributed by atoms with Crippen molar-refractivity contribution in [2.24, 2.45) is 0 Å². The van der Waals surface area contributed by atoms with Gasteiger partial charge in [-0.25, -0.2) is 8.93 Å². The van der Waals surface area contributed by atoms with Gasteiger partial charge in [0.15, 0.2) is 0 Å². The lowest BCUT2D eigenvalue weighted by Gasteiger charge is -2.32. The minimum absolute atomic E-state index is 0.172. The molecule has 2 aromatic heterocycles. The summed E-state index contributed by atoms with van der Waals surface area (Å²) in [7, 11) is -1.40. The number of aliphatic hydroxyl groups is 1. The Hall–Kier alpha value is -2.51. The quantitative estimate of drug-likeness (QED) is 0.202. The second-order valence-electron chi connectivity index (χ2n) is 10.3. The van der Waals surface area contributed by atoms with E-state index in [-0.39, 0.29) is 23.7 Å². The van der Waals surface area contributed by atoms with Crippen molar-refractivity contribution < 1.29 is 35.7 Å². The van der Waals surface area contributed by atoms with Crippen molar-refractivity contribution >= 4 is 44.0 Å². The van der Waals surface area contributed by atoms with Crippen molar-refractivity contribution in [3.05, 3.63) is 87.9 Å². The molecular weight excluding hydrogens is 610 g/mol. The SMILES string of the molecule is CC(C)(C)S(=O)NCC(c1cc2cccc(-c3cc(C(O)(C(F)(F)F)C(F)(F)F)ccn3)c2s1)c1ccccc1Cl. The lowest BCUT2D eigenvalue weighted by atomic mass is 9.91. The second kappa shape index (κ2) is 11.3. The molecule has 4 aromatic rings. The number of rotatable bonds is 7. The number of pyridine rings is 1. The molecule has 0 amide bonds. The fraction of sp³-hybridized carbons (Fsp3) is 0.321. The van der Waals surface area contributed by atoms with Crippen LogP contribution in [0, 0.1) is 0 Å². The molecule has 2 aromatic carbocycles. The topological polar surface area (TPSA) is 62.2 Å². The summed E-state index contributed by atoms with van der Waals surface area (Å²) in [6.45, 7) is 5.72. The van der Waals surface area contributed by atoms with Gasteiger partial charge in [0.1, 0.15) is 0 Å². The Bertz CT molecular complexity index is 1570. The van der Waals surface area contributed by atoms with Gasteiger partial charge in [-0.05, 0) is 56.0 Å². The number of hydrogen-bond donors (Lipinski definition) is 2. The first kappa shape index (κ1) is 31.4. The number of alkyl halides is 6. The van der Waals surface area contributed by atoms with Gasteiger partial charge in [0.25, 0.3) is 5.60 Å². The van der Waals surface area contributed by atoms with E-state index in [1.165, 1.54) is 17.4 Å². The molecule has 0 aliphatic heterocycles. The second-order valence-corrected chi connectivity index (χ2v) is 13.9. The minimum atomic E-state index is -6.02. The van der Waals surface area contributed by atoms with E-state index in [1.807, 2.05) is 39.0 Å². The maximum Gasteiger partial charge on any atom is 0.430 e. The van der Waals surface area contributed by atoms with Crippen molar-refractivity contribution in [1.29, 1.82) is 0 Å². The van der Waals surface area contributed by atoms with Crippen LogP contribution in [0.5, 0.6) is 0 Å². The van der Waals surface area contributed by atoms with E-state index in [0.717, 1.165) is 16.6 Å². The van der Waals surface area contributed by atoms with Gasteiger partial charge in [-0.15, -0.1) is 11.3 Å². The number of thiophene rings is 1. The number of nitrogens with zero attached hydrogens (tertiary/aromatic N) is 1. The molecule has 0 saturated heterocycles. The van der Waals surface area contributed by atoms with E-state index in [2.05, 4.69) is 9.71 Å². The molecule has 0 aliphatic rings. The molecule has 220 valence electrons. The van der Waals surface area contributed by atoms with E-state index in [0.29, 0.717) is 27.2 Å². The first-order chi connectivity index (χ1) is 18.9. The van der Waals surface area contributed by atoms with Crippen molar-refractivity contribution in [2.75, 3.05) is 6.54 Å². The monoisotopic (exact) mass is 634 g/mol. The van der Waals surface area contributed by atoms with Crippen LogP contribution >= 0.6 is 22.9 Å². The van der Waals surface area contributed by atoms with Gasteiger partial charge in [-0.3, -0.25) is 4.98 Å². The van der Waals surface area contributed by atoms with Gasteiger partial charge >= 0.3 is 12.4 Å². The van der Waals surface area contributed by atoms with Crippen LogP contribution in [0.15, 0.2) is 66.9 Å². The van der Waals surface area contributed by atoms with E-state index < -0.39 is 39.2 Å². The molecule has 13 heteroatoms. The number of fused-ring (bicyclic) bond motifs is 1. The molecule has 0 aliphatic carbocycles. The van der Waals surface area contributed by atoms with Crippen molar-refractivity contribution in [3.8, 4) is 11.3 Å². The van der Waals surface area contributed by atoms with E-state index >= 15 is 0 Å². The summed E-state index contributed by atoms with van der Waals surface area (Å²) in [4.78, 5) is 4.81. The van der Waals surface area contributed by atoms with Crippen LogP contribution in [-0.4, -0.2) is 37.9 Å². The molecule has 0 saturated carbocycles. The highest BCUT2D eigenvalue weighted by atomic mass is 35.5. The summed E-state index contributed by atoms with van der Waals surface area (Å²) in [5, 5.41) is 11.1. The predicted octanol–water partition coefficient (Wildman–Crippen LogP) is 8.11. The van der Waals surface area contributed by atoms with Crippen LogP contribution in [0.2, 0.25) is 5.02 Å².